The number of para-hydroxylation sites is 1. The fourth-order valence-electron chi connectivity index (χ4n) is 1.71. The molecule has 2 rings (SSSR count). The number of carbonyl (C=O) groups is 1. The van der Waals surface area contributed by atoms with E-state index >= 15 is 0 Å². The highest BCUT2D eigenvalue weighted by Gasteiger charge is 2.15. The van der Waals surface area contributed by atoms with E-state index < -0.39 is 12.0 Å². The predicted molar refractivity (Wildman–Crippen MR) is 70.8 cm³/mol. The summed E-state index contributed by atoms with van der Waals surface area (Å²) >= 11 is 0. The predicted octanol–water partition coefficient (Wildman–Crippen LogP) is 1.67. The van der Waals surface area contributed by atoms with Crippen molar-refractivity contribution < 1.29 is 9.90 Å². The fourth-order valence-corrected chi connectivity index (χ4v) is 1.71. The van der Waals surface area contributed by atoms with Gasteiger partial charge in [-0.15, -0.1) is 5.10 Å². The number of aryl methyl sites for hydroxylation is 1. The molecule has 0 aliphatic carbocycles. The van der Waals surface area contributed by atoms with Crippen molar-refractivity contribution in [2.24, 2.45) is 0 Å². The van der Waals surface area contributed by atoms with Gasteiger partial charge in [0.15, 0.2) is 0 Å². The second kappa shape index (κ2) is 5.62. The highest BCUT2D eigenvalue weighted by molar-refractivity contribution is 6.01. The number of hydrogen-bond donors (Lipinski definition) is 3. The standard InChI is InChI=1S/C13H16N4O2/c1-3-11-15-12(17-16-11)13(19)14-10-7-5-4-6-9(10)8(2)18/h4-8,18H,3H2,1-2H3,(H,14,19)(H,15,16,17). The van der Waals surface area contributed by atoms with Gasteiger partial charge in [-0.3, -0.25) is 9.89 Å². The summed E-state index contributed by atoms with van der Waals surface area (Å²) in [6.07, 6.45) is 0.0275. The number of nitrogens with zero attached hydrogens (tertiary/aromatic N) is 2. The normalized spacial score (nSPS) is 12.2. The molecular formula is C13H16N4O2. The zero-order valence-electron chi connectivity index (χ0n) is 10.8. The molecule has 6 heteroatoms. The SMILES string of the molecule is CCc1nc(C(=O)Nc2ccccc2C(C)O)n[nH]1. The van der Waals surface area contributed by atoms with E-state index in [-0.39, 0.29) is 5.82 Å². The minimum atomic E-state index is -0.658. The summed E-state index contributed by atoms with van der Waals surface area (Å²) in [6.45, 7) is 3.57. The summed E-state index contributed by atoms with van der Waals surface area (Å²) in [6, 6.07) is 7.08. The van der Waals surface area contributed by atoms with Gasteiger partial charge in [-0.25, -0.2) is 4.98 Å². The van der Waals surface area contributed by atoms with E-state index in [0.29, 0.717) is 23.5 Å². The first-order valence-electron chi connectivity index (χ1n) is 6.11. The van der Waals surface area contributed by atoms with E-state index in [0.717, 1.165) is 0 Å². The van der Waals surface area contributed by atoms with Crippen LogP contribution in [0, 0.1) is 0 Å². The zero-order valence-corrected chi connectivity index (χ0v) is 10.8. The van der Waals surface area contributed by atoms with Gasteiger partial charge in [0, 0.05) is 17.7 Å². The van der Waals surface area contributed by atoms with Crippen LogP contribution in [0.1, 0.15) is 42.0 Å². The number of benzene rings is 1. The average Bonchev–Trinajstić information content (AvgIpc) is 2.88. The third kappa shape index (κ3) is 2.97. The van der Waals surface area contributed by atoms with Crippen molar-refractivity contribution >= 4 is 11.6 Å². The summed E-state index contributed by atoms with van der Waals surface area (Å²) < 4.78 is 0. The minimum Gasteiger partial charge on any atom is -0.389 e. The molecular weight excluding hydrogens is 244 g/mol. The van der Waals surface area contributed by atoms with E-state index in [1.165, 1.54) is 0 Å². The number of aromatic nitrogens is 3. The number of aromatic amines is 1. The lowest BCUT2D eigenvalue weighted by atomic mass is 10.1. The molecule has 0 radical (unpaired) electrons. The summed E-state index contributed by atoms with van der Waals surface area (Å²) in [4.78, 5) is 16.0. The maximum Gasteiger partial charge on any atom is 0.295 e. The smallest absolute Gasteiger partial charge is 0.295 e. The van der Waals surface area contributed by atoms with Gasteiger partial charge < -0.3 is 10.4 Å². The molecule has 0 aliphatic heterocycles. The molecule has 3 N–H and O–H groups in total. The Balaban J connectivity index is 2.19. The van der Waals surface area contributed by atoms with Gasteiger partial charge in [0.05, 0.1) is 6.10 Å². The summed E-state index contributed by atoms with van der Waals surface area (Å²) in [7, 11) is 0. The zero-order chi connectivity index (χ0) is 13.8. The van der Waals surface area contributed by atoms with E-state index in [2.05, 4.69) is 20.5 Å². The molecule has 100 valence electrons. The largest absolute Gasteiger partial charge is 0.389 e. The molecule has 0 saturated heterocycles. The Hall–Kier alpha value is -2.21. The number of rotatable bonds is 4. The number of carbonyl (C=O) groups excluding carboxylic acids is 1. The van der Waals surface area contributed by atoms with E-state index in [9.17, 15) is 9.90 Å². The van der Waals surface area contributed by atoms with Crippen LogP contribution in [0.2, 0.25) is 0 Å². The Morgan fingerprint density at radius 1 is 1.47 bits per heavy atom. The number of hydrogen-bond acceptors (Lipinski definition) is 4. The molecule has 1 heterocycles. The Bertz CT molecular complexity index is 578. The molecule has 1 atom stereocenters. The third-order valence-electron chi connectivity index (χ3n) is 2.73. The van der Waals surface area contributed by atoms with Crippen LogP contribution >= 0.6 is 0 Å². The number of nitrogens with one attached hydrogen (secondary N) is 2. The Labute approximate surface area is 110 Å². The Morgan fingerprint density at radius 3 is 2.84 bits per heavy atom. The minimum absolute atomic E-state index is 0.0947. The molecule has 1 aromatic carbocycles. The van der Waals surface area contributed by atoms with Crippen molar-refractivity contribution in [3.8, 4) is 0 Å². The first-order chi connectivity index (χ1) is 9.11. The topological polar surface area (TPSA) is 90.9 Å². The molecule has 1 amide bonds. The molecule has 1 unspecified atom stereocenters. The Morgan fingerprint density at radius 2 is 2.21 bits per heavy atom. The summed E-state index contributed by atoms with van der Waals surface area (Å²) in [5, 5.41) is 18.9. The van der Waals surface area contributed by atoms with Gasteiger partial charge in [-0.1, -0.05) is 25.1 Å². The van der Waals surface area contributed by atoms with Crippen molar-refractivity contribution in [1.82, 2.24) is 15.2 Å². The maximum absolute atomic E-state index is 12.0. The van der Waals surface area contributed by atoms with Crippen LogP contribution in [0.3, 0.4) is 0 Å². The van der Waals surface area contributed by atoms with Crippen molar-refractivity contribution in [2.45, 2.75) is 26.4 Å². The number of H-pyrrole nitrogens is 1. The van der Waals surface area contributed by atoms with Crippen LogP contribution in [0.15, 0.2) is 24.3 Å². The van der Waals surface area contributed by atoms with Crippen LogP contribution in [0.4, 0.5) is 5.69 Å². The molecule has 0 fully saturated rings. The van der Waals surface area contributed by atoms with E-state index in [1.54, 1.807) is 31.2 Å². The molecule has 6 nitrogen and oxygen atoms in total. The number of amides is 1. The summed E-state index contributed by atoms with van der Waals surface area (Å²) in [5.74, 6) is 0.357. The first-order valence-corrected chi connectivity index (χ1v) is 6.11. The van der Waals surface area contributed by atoms with Crippen LogP contribution in [-0.4, -0.2) is 26.2 Å². The molecule has 0 aliphatic rings. The van der Waals surface area contributed by atoms with Gasteiger partial charge in [0.25, 0.3) is 5.91 Å². The van der Waals surface area contributed by atoms with Crippen molar-refractivity contribution in [2.75, 3.05) is 5.32 Å². The van der Waals surface area contributed by atoms with Crippen LogP contribution < -0.4 is 5.32 Å². The highest BCUT2D eigenvalue weighted by Crippen LogP contribution is 2.22. The van der Waals surface area contributed by atoms with E-state index in [4.69, 9.17) is 0 Å². The lowest BCUT2D eigenvalue weighted by Gasteiger charge is -2.11. The highest BCUT2D eigenvalue weighted by atomic mass is 16.3. The lowest BCUT2D eigenvalue weighted by molar-refractivity contribution is 0.101. The second-order valence-electron chi connectivity index (χ2n) is 4.18. The van der Waals surface area contributed by atoms with Gasteiger partial charge in [-0.05, 0) is 13.0 Å². The fraction of sp³-hybridized carbons (Fsp3) is 0.308. The van der Waals surface area contributed by atoms with Gasteiger partial charge in [0.2, 0.25) is 5.82 Å². The van der Waals surface area contributed by atoms with Gasteiger partial charge in [0.1, 0.15) is 5.82 Å². The summed E-state index contributed by atoms with van der Waals surface area (Å²) in [5.41, 5.74) is 1.22. The lowest BCUT2D eigenvalue weighted by Crippen LogP contribution is -2.15. The number of aliphatic hydroxyl groups excluding tert-OH is 1. The molecule has 0 spiro atoms. The quantitative estimate of drug-likeness (QED) is 0.780. The second-order valence-corrected chi connectivity index (χ2v) is 4.18. The average molecular weight is 260 g/mol. The van der Waals surface area contributed by atoms with Gasteiger partial charge >= 0.3 is 0 Å². The van der Waals surface area contributed by atoms with E-state index in [1.807, 2.05) is 6.92 Å². The molecule has 2 aromatic rings. The maximum atomic E-state index is 12.0. The Kier molecular flexibility index (Phi) is 3.91. The molecule has 0 saturated carbocycles. The number of aliphatic hydroxyl groups is 1. The van der Waals surface area contributed by atoms with Crippen molar-refractivity contribution in [3.63, 3.8) is 0 Å². The van der Waals surface area contributed by atoms with Crippen LogP contribution in [-0.2, 0) is 6.42 Å². The third-order valence-corrected chi connectivity index (χ3v) is 2.73. The van der Waals surface area contributed by atoms with Crippen LogP contribution in [0.5, 0.6) is 0 Å². The van der Waals surface area contributed by atoms with Gasteiger partial charge in [-0.2, -0.15) is 0 Å². The molecule has 1 aromatic heterocycles. The molecule has 19 heavy (non-hydrogen) atoms. The van der Waals surface area contributed by atoms with Crippen LogP contribution in [0.25, 0.3) is 0 Å². The van der Waals surface area contributed by atoms with Crippen molar-refractivity contribution in [1.29, 1.82) is 0 Å². The first kappa shape index (κ1) is 13.2. The number of anilines is 1. The molecule has 0 bridgehead atoms. The monoisotopic (exact) mass is 260 g/mol. The van der Waals surface area contributed by atoms with Crippen molar-refractivity contribution in [3.05, 3.63) is 41.5 Å².